The first-order chi connectivity index (χ1) is 10.2. The van der Waals surface area contributed by atoms with Crippen LogP contribution in [-0.4, -0.2) is 18.4 Å². The predicted octanol–water partition coefficient (Wildman–Crippen LogP) is 2.16. The van der Waals surface area contributed by atoms with Gasteiger partial charge in [0.1, 0.15) is 5.75 Å². The normalized spacial score (nSPS) is 9.76. The Balaban J connectivity index is 2.01. The summed E-state index contributed by atoms with van der Waals surface area (Å²) in [7, 11) is 0. The number of hydrogen-bond donors (Lipinski definition) is 2. The number of amides is 2. The minimum absolute atomic E-state index is 0.368. The van der Waals surface area contributed by atoms with Crippen molar-refractivity contribution in [1.29, 1.82) is 0 Å². The zero-order valence-corrected chi connectivity index (χ0v) is 11.6. The number of hydrogen-bond acceptors (Lipinski definition) is 3. The Morgan fingerprint density at radius 1 is 0.905 bits per heavy atom. The van der Waals surface area contributed by atoms with E-state index in [-0.39, 0.29) is 5.91 Å². The number of para-hydroxylation sites is 1. The van der Waals surface area contributed by atoms with Gasteiger partial charge in [0.05, 0.1) is 12.2 Å². The molecule has 0 saturated carbocycles. The number of carbonyl (C=O) groups is 2. The smallest absolute Gasteiger partial charge is 0.273 e. The Morgan fingerprint density at radius 2 is 1.52 bits per heavy atom. The maximum Gasteiger partial charge on any atom is 0.273 e. The summed E-state index contributed by atoms with van der Waals surface area (Å²) in [4.78, 5) is 23.9. The van der Waals surface area contributed by atoms with Crippen LogP contribution < -0.4 is 15.6 Å². The van der Waals surface area contributed by atoms with Gasteiger partial charge in [-0.05, 0) is 31.2 Å². The lowest BCUT2D eigenvalue weighted by atomic mass is 10.2. The van der Waals surface area contributed by atoms with Crippen molar-refractivity contribution in [2.45, 2.75) is 6.92 Å². The van der Waals surface area contributed by atoms with Gasteiger partial charge in [0, 0.05) is 5.56 Å². The number of carbonyl (C=O) groups excluding carboxylic acids is 2. The van der Waals surface area contributed by atoms with E-state index >= 15 is 0 Å². The molecule has 21 heavy (non-hydrogen) atoms. The molecule has 2 aromatic rings. The number of rotatable bonds is 4. The zero-order chi connectivity index (χ0) is 15.1. The molecule has 108 valence electrons. The molecule has 0 unspecified atom stereocenters. The van der Waals surface area contributed by atoms with E-state index in [9.17, 15) is 9.59 Å². The first kappa shape index (κ1) is 14.6. The summed E-state index contributed by atoms with van der Waals surface area (Å²) >= 11 is 0. The molecular formula is C16H16N2O3. The molecule has 0 radical (unpaired) electrons. The molecule has 0 spiro atoms. The lowest BCUT2D eigenvalue weighted by Gasteiger charge is -2.11. The van der Waals surface area contributed by atoms with Crippen molar-refractivity contribution in [2.75, 3.05) is 6.61 Å². The molecule has 0 aromatic heterocycles. The van der Waals surface area contributed by atoms with Gasteiger partial charge in [-0.25, -0.2) is 0 Å². The van der Waals surface area contributed by atoms with Gasteiger partial charge < -0.3 is 4.74 Å². The van der Waals surface area contributed by atoms with E-state index in [4.69, 9.17) is 4.74 Å². The average Bonchev–Trinajstić information content (AvgIpc) is 2.54. The molecule has 5 heteroatoms. The third-order valence-electron chi connectivity index (χ3n) is 2.76. The Morgan fingerprint density at radius 3 is 2.24 bits per heavy atom. The minimum Gasteiger partial charge on any atom is -0.493 e. The summed E-state index contributed by atoms with van der Waals surface area (Å²) in [6.45, 7) is 2.30. The zero-order valence-electron chi connectivity index (χ0n) is 11.6. The fraction of sp³-hybridized carbons (Fsp3) is 0.125. The van der Waals surface area contributed by atoms with Crippen LogP contribution in [0.3, 0.4) is 0 Å². The van der Waals surface area contributed by atoms with Crippen LogP contribution >= 0.6 is 0 Å². The molecule has 0 aliphatic carbocycles. The molecule has 0 fully saturated rings. The van der Waals surface area contributed by atoms with Gasteiger partial charge in [-0.15, -0.1) is 0 Å². The van der Waals surface area contributed by atoms with Crippen LogP contribution in [0.4, 0.5) is 0 Å². The largest absolute Gasteiger partial charge is 0.493 e. The second kappa shape index (κ2) is 7.09. The van der Waals surface area contributed by atoms with Crippen LogP contribution in [0.15, 0.2) is 54.6 Å². The van der Waals surface area contributed by atoms with E-state index in [1.54, 1.807) is 48.5 Å². The summed E-state index contributed by atoms with van der Waals surface area (Å²) in [6, 6.07) is 15.5. The van der Waals surface area contributed by atoms with Crippen molar-refractivity contribution in [3.8, 4) is 5.75 Å². The van der Waals surface area contributed by atoms with Crippen LogP contribution in [0.25, 0.3) is 0 Å². The van der Waals surface area contributed by atoms with Crippen molar-refractivity contribution in [1.82, 2.24) is 10.9 Å². The fourth-order valence-corrected chi connectivity index (χ4v) is 1.78. The molecule has 0 bridgehead atoms. The summed E-state index contributed by atoms with van der Waals surface area (Å²) in [5.74, 6) is -0.326. The van der Waals surface area contributed by atoms with Crippen molar-refractivity contribution in [3.63, 3.8) is 0 Å². The van der Waals surface area contributed by atoms with Crippen LogP contribution in [0.5, 0.6) is 5.75 Å². The van der Waals surface area contributed by atoms with Crippen LogP contribution in [-0.2, 0) is 0 Å². The van der Waals surface area contributed by atoms with Gasteiger partial charge >= 0.3 is 0 Å². The van der Waals surface area contributed by atoms with E-state index in [0.29, 0.717) is 23.5 Å². The highest BCUT2D eigenvalue weighted by Crippen LogP contribution is 2.17. The Kier molecular flexibility index (Phi) is 4.93. The van der Waals surface area contributed by atoms with Gasteiger partial charge in [-0.1, -0.05) is 30.3 Å². The summed E-state index contributed by atoms with van der Waals surface area (Å²) in [6.07, 6.45) is 0. The number of nitrogens with one attached hydrogen (secondary N) is 2. The summed E-state index contributed by atoms with van der Waals surface area (Å²) < 4.78 is 5.38. The maximum atomic E-state index is 12.1. The van der Waals surface area contributed by atoms with E-state index in [1.807, 2.05) is 13.0 Å². The topological polar surface area (TPSA) is 67.4 Å². The van der Waals surface area contributed by atoms with Crippen molar-refractivity contribution in [3.05, 3.63) is 65.7 Å². The Labute approximate surface area is 122 Å². The molecule has 5 nitrogen and oxygen atoms in total. The first-order valence-corrected chi connectivity index (χ1v) is 6.60. The van der Waals surface area contributed by atoms with E-state index in [1.165, 1.54) is 0 Å². The monoisotopic (exact) mass is 284 g/mol. The lowest BCUT2D eigenvalue weighted by molar-refractivity contribution is 0.0844. The number of ether oxygens (including phenoxy) is 1. The van der Waals surface area contributed by atoms with Crippen LogP contribution in [0.1, 0.15) is 27.6 Å². The predicted molar refractivity (Wildman–Crippen MR) is 79.0 cm³/mol. The number of hydrazine groups is 1. The third-order valence-corrected chi connectivity index (χ3v) is 2.76. The van der Waals surface area contributed by atoms with Gasteiger partial charge in [0.15, 0.2) is 0 Å². The molecule has 0 atom stereocenters. The summed E-state index contributed by atoms with van der Waals surface area (Å²) in [5.41, 5.74) is 5.59. The van der Waals surface area contributed by atoms with E-state index < -0.39 is 5.91 Å². The first-order valence-electron chi connectivity index (χ1n) is 6.60. The second-order valence-electron chi connectivity index (χ2n) is 4.20. The highest BCUT2D eigenvalue weighted by atomic mass is 16.5. The standard InChI is InChI=1S/C16H16N2O3/c1-2-21-14-11-7-6-10-13(14)16(20)18-17-15(19)12-8-4-3-5-9-12/h3-11H,2H2,1H3,(H,17,19)(H,18,20). The SMILES string of the molecule is CCOc1ccccc1C(=O)NNC(=O)c1ccccc1. The van der Waals surface area contributed by atoms with E-state index in [0.717, 1.165) is 0 Å². The van der Waals surface area contributed by atoms with Crippen LogP contribution in [0, 0.1) is 0 Å². The highest BCUT2D eigenvalue weighted by Gasteiger charge is 2.13. The molecule has 2 rings (SSSR count). The second-order valence-corrected chi connectivity index (χ2v) is 4.20. The highest BCUT2D eigenvalue weighted by molar-refractivity contribution is 6.00. The molecule has 2 aromatic carbocycles. The molecule has 2 amide bonds. The summed E-state index contributed by atoms with van der Waals surface area (Å²) in [5, 5.41) is 0. The third kappa shape index (κ3) is 3.82. The molecule has 0 heterocycles. The minimum atomic E-state index is -0.427. The molecule has 0 aliphatic heterocycles. The van der Waals surface area contributed by atoms with E-state index in [2.05, 4.69) is 10.9 Å². The molecular weight excluding hydrogens is 268 g/mol. The maximum absolute atomic E-state index is 12.1. The van der Waals surface area contributed by atoms with Crippen molar-refractivity contribution in [2.24, 2.45) is 0 Å². The van der Waals surface area contributed by atoms with Gasteiger partial charge in [-0.3, -0.25) is 20.4 Å². The molecule has 0 saturated heterocycles. The average molecular weight is 284 g/mol. The van der Waals surface area contributed by atoms with Crippen molar-refractivity contribution >= 4 is 11.8 Å². The van der Waals surface area contributed by atoms with Gasteiger partial charge in [0.2, 0.25) is 0 Å². The van der Waals surface area contributed by atoms with Crippen molar-refractivity contribution < 1.29 is 14.3 Å². The quantitative estimate of drug-likeness (QED) is 0.845. The Hall–Kier alpha value is -2.82. The number of benzene rings is 2. The van der Waals surface area contributed by atoms with Crippen LogP contribution in [0.2, 0.25) is 0 Å². The molecule has 2 N–H and O–H groups in total. The lowest BCUT2D eigenvalue weighted by Crippen LogP contribution is -2.41. The van der Waals surface area contributed by atoms with Gasteiger partial charge in [0.25, 0.3) is 11.8 Å². The Bertz CT molecular complexity index is 626. The fourth-order valence-electron chi connectivity index (χ4n) is 1.78. The molecule has 0 aliphatic rings. The van der Waals surface area contributed by atoms with Gasteiger partial charge in [-0.2, -0.15) is 0 Å².